The Hall–Kier alpha value is -3.26. The molecule has 1 fully saturated rings. The Morgan fingerprint density at radius 2 is 1.97 bits per heavy atom. The van der Waals surface area contributed by atoms with Crippen molar-refractivity contribution in [3.63, 3.8) is 0 Å². The first-order valence-electron chi connectivity index (χ1n) is 9.63. The fourth-order valence-electron chi connectivity index (χ4n) is 3.38. The molecule has 0 radical (unpaired) electrons. The Morgan fingerprint density at radius 1 is 1.14 bits per heavy atom. The number of amides is 1. The summed E-state index contributed by atoms with van der Waals surface area (Å²) < 4.78 is 6.85. The number of methoxy groups -OCH3 is 1. The molecule has 1 aliphatic rings. The number of rotatable bonds is 5. The molecule has 1 amide bonds. The fourth-order valence-corrected chi connectivity index (χ4v) is 3.38. The first kappa shape index (κ1) is 19.1. The summed E-state index contributed by atoms with van der Waals surface area (Å²) in [4.78, 5) is 23.3. The smallest absolute Gasteiger partial charge is 0.253 e. The number of likely N-dealkylation sites (tertiary alicyclic amines) is 1. The average molecular weight is 392 g/mol. The zero-order valence-corrected chi connectivity index (χ0v) is 16.6. The Bertz CT molecular complexity index is 977. The lowest BCUT2D eigenvalue weighted by atomic mass is 10.1. The van der Waals surface area contributed by atoms with E-state index in [1.165, 1.54) is 0 Å². The average Bonchev–Trinajstić information content (AvgIpc) is 3.26. The standard InChI is InChI=1S/C21H24N6O2/c1-26-9-6-18(7-10-26)25-21(28)16-3-4-19(23-12-16)27-14-17(13-24-27)15-5-8-22-20(11-15)29-2/h3-5,8,11-14,18H,6-7,9-10H2,1-2H3,(H,25,28). The van der Waals surface area contributed by atoms with Crippen LogP contribution in [0.1, 0.15) is 23.2 Å². The largest absolute Gasteiger partial charge is 0.481 e. The van der Waals surface area contributed by atoms with Crippen LogP contribution >= 0.6 is 0 Å². The molecule has 8 nitrogen and oxygen atoms in total. The summed E-state index contributed by atoms with van der Waals surface area (Å²) in [5.41, 5.74) is 2.44. The molecule has 0 aromatic carbocycles. The molecule has 0 aliphatic carbocycles. The molecule has 0 saturated carbocycles. The van der Waals surface area contributed by atoms with Crippen LogP contribution in [0, 0.1) is 0 Å². The lowest BCUT2D eigenvalue weighted by molar-refractivity contribution is 0.0916. The number of nitrogens with zero attached hydrogens (tertiary/aromatic N) is 5. The predicted molar refractivity (Wildman–Crippen MR) is 109 cm³/mol. The lowest BCUT2D eigenvalue weighted by Gasteiger charge is -2.29. The summed E-state index contributed by atoms with van der Waals surface area (Å²) >= 11 is 0. The van der Waals surface area contributed by atoms with Crippen LogP contribution in [0.3, 0.4) is 0 Å². The maximum atomic E-state index is 12.5. The molecule has 1 N–H and O–H groups in total. The van der Waals surface area contributed by atoms with Crippen molar-refractivity contribution in [1.82, 2.24) is 30.0 Å². The Balaban J connectivity index is 1.44. The molecule has 0 spiro atoms. The van der Waals surface area contributed by atoms with Crippen LogP contribution < -0.4 is 10.1 Å². The topological polar surface area (TPSA) is 85.2 Å². The lowest BCUT2D eigenvalue weighted by Crippen LogP contribution is -2.43. The van der Waals surface area contributed by atoms with Gasteiger partial charge in [0.05, 0.1) is 18.9 Å². The molecule has 0 unspecified atom stereocenters. The summed E-state index contributed by atoms with van der Waals surface area (Å²) in [7, 11) is 3.69. The van der Waals surface area contributed by atoms with Gasteiger partial charge < -0.3 is 15.0 Å². The van der Waals surface area contributed by atoms with E-state index in [1.54, 1.807) is 42.5 Å². The molecule has 150 valence electrons. The third kappa shape index (κ3) is 4.43. The van der Waals surface area contributed by atoms with Gasteiger partial charge in [-0.15, -0.1) is 0 Å². The molecule has 4 rings (SSSR count). The minimum absolute atomic E-state index is 0.0800. The predicted octanol–water partition coefficient (Wildman–Crippen LogP) is 2.16. The van der Waals surface area contributed by atoms with Crippen LogP contribution in [0.4, 0.5) is 0 Å². The van der Waals surface area contributed by atoms with Gasteiger partial charge in [-0.3, -0.25) is 4.79 Å². The van der Waals surface area contributed by atoms with E-state index >= 15 is 0 Å². The molecule has 0 bridgehead atoms. The van der Waals surface area contributed by atoms with Gasteiger partial charge in [0.15, 0.2) is 5.82 Å². The number of pyridine rings is 2. The van der Waals surface area contributed by atoms with Gasteiger partial charge in [0, 0.05) is 36.3 Å². The van der Waals surface area contributed by atoms with Gasteiger partial charge in [-0.25, -0.2) is 14.6 Å². The number of piperidine rings is 1. The minimum atomic E-state index is -0.0800. The third-order valence-corrected chi connectivity index (χ3v) is 5.16. The monoisotopic (exact) mass is 392 g/mol. The molecule has 1 aliphatic heterocycles. The first-order chi connectivity index (χ1) is 14.1. The molecule has 0 atom stereocenters. The van der Waals surface area contributed by atoms with Gasteiger partial charge in [-0.2, -0.15) is 5.10 Å². The van der Waals surface area contributed by atoms with Crippen LogP contribution in [0.2, 0.25) is 0 Å². The number of carbonyl (C=O) groups excluding carboxylic acids is 1. The zero-order chi connectivity index (χ0) is 20.2. The maximum absolute atomic E-state index is 12.5. The summed E-state index contributed by atoms with van der Waals surface area (Å²) in [5, 5.41) is 7.49. The molecular weight excluding hydrogens is 368 g/mol. The van der Waals surface area contributed by atoms with Gasteiger partial charge >= 0.3 is 0 Å². The molecule has 3 aromatic heterocycles. The van der Waals surface area contributed by atoms with Crippen molar-refractivity contribution in [2.45, 2.75) is 18.9 Å². The van der Waals surface area contributed by atoms with Crippen molar-refractivity contribution in [2.24, 2.45) is 0 Å². The number of hydrogen-bond acceptors (Lipinski definition) is 6. The van der Waals surface area contributed by atoms with E-state index in [4.69, 9.17) is 4.74 Å². The van der Waals surface area contributed by atoms with Gasteiger partial charge in [0.2, 0.25) is 5.88 Å². The van der Waals surface area contributed by atoms with Gasteiger partial charge in [0.25, 0.3) is 5.91 Å². The Kier molecular flexibility index (Phi) is 5.53. The van der Waals surface area contributed by atoms with E-state index in [2.05, 4.69) is 32.3 Å². The summed E-state index contributed by atoms with van der Waals surface area (Å²) in [6.45, 7) is 2.01. The van der Waals surface area contributed by atoms with Crippen molar-refractivity contribution in [1.29, 1.82) is 0 Å². The Morgan fingerprint density at radius 3 is 2.69 bits per heavy atom. The first-order valence-corrected chi connectivity index (χ1v) is 9.63. The second kappa shape index (κ2) is 8.40. The number of ether oxygens (including phenoxy) is 1. The molecular formula is C21H24N6O2. The van der Waals surface area contributed by atoms with Crippen LogP contribution in [-0.4, -0.2) is 63.8 Å². The molecule has 8 heteroatoms. The van der Waals surface area contributed by atoms with Crippen LogP contribution in [0.25, 0.3) is 16.9 Å². The van der Waals surface area contributed by atoms with E-state index in [-0.39, 0.29) is 11.9 Å². The van der Waals surface area contributed by atoms with Crippen molar-refractivity contribution >= 4 is 5.91 Å². The van der Waals surface area contributed by atoms with E-state index in [1.807, 2.05) is 18.3 Å². The quantitative estimate of drug-likeness (QED) is 0.716. The molecule has 1 saturated heterocycles. The second-order valence-electron chi connectivity index (χ2n) is 7.22. The van der Waals surface area contributed by atoms with Crippen molar-refractivity contribution in [3.05, 3.63) is 54.6 Å². The Labute approximate surface area is 169 Å². The third-order valence-electron chi connectivity index (χ3n) is 5.16. The van der Waals surface area contributed by atoms with Crippen LogP contribution in [0.5, 0.6) is 5.88 Å². The highest BCUT2D eigenvalue weighted by Crippen LogP contribution is 2.22. The normalized spacial score (nSPS) is 15.2. The number of nitrogens with one attached hydrogen (secondary N) is 1. The summed E-state index contributed by atoms with van der Waals surface area (Å²) in [6.07, 6.45) is 8.89. The van der Waals surface area contributed by atoms with E-state index in [0.717, 1.165) is 37.1 Å². The number of hydrogen-bond donors (Lipinski definition) is 1. The SMILES string of the molecule is COc1cc(-c2cnn(-c3ccc(C(=O)NC4CCN(C)CC4)cn3)c2)ccn1. The van der Waals surface area contributed by atoms with Crippen LogP contribution in [-0.2, 0) is 0 Å². The minimum Gasteiger partial charge on any atom is -0.481 e. The van der Waals surface area contributed by atoms with E-state index in [9.17, 15) is 4.79 Å². The summed E-state index contributed by atoms with van der Waals surface area (Å²) in [5.74, 6) is 1.12. The number of carbonyl (C=O) groups is 1. The van der Waals surface area contributed by atoms with Gasteiger partial charge in [-0.05, 0) is 56.7 Å². The van der Waals surface area contributed by atoms with Crippen molar-refractivity contribution < 1.29 is 9.53 Å². The van der Waals surface area contributed by atoms with Crippen LogP contribution in [0.15, 0.2) is 49.1 Å². The van der Waals surface area contributed by atoms with Crippen molar-refractivity contribution in [2.75, 3.05) is 27.2 Å². The second-order valence-corrected chi connectivity index (χ2v) is 7.22. The maximum Gasteiger partial charge on any atom is 0.253 e. The molecule has 29 heavy (non-hydrogen) atoms. The van der Waals surface area contributed by atoms with E-state index < -0.39 is 0 Å². The van der Waals surface area contributed by atoms with Crippen molar-refractivity contribution in [3.8, 4) is 22.8 Å². The number of aromatic nitrogens is 4. The molecule has 4 heterocycles. The highest BCUT2D eigenvalue weighted by Gasteiger charge is 2.19. The highest BCUT2D eigenvalue weighted by molar-refractivity contribution is 5.94. The highest BCUT2D eigenvalue weighted by atomic mass is 16.5. The van der Waals surface area contributed by atoms with Gasteiger partial charge in [-0.1, -0.05) is 0 Å². The fraction of sp³-hybridized carbons (Fsp3) is 0.333. The molecule has 3 aromatic rings. The van der Waals surface area contributed by atoms with E-state index in [0.29, 0.717) is 17.3 Å². The summed E-state index contributed by atoms with van der Waals surface area (Å²) in [6, 6.07) is 7.56. The van der Waals surface area contributed by atoms with Gasteiger partial charge in [0.1, 0.15) is 0 Å². The zero-order valence-electron chi connectivity index (χ0n) is 16.6.